The number of carbonyl (C=O) groups is 1. The molecule has 0 aliphatic heterocycles. The molecule has 5 nitrogen and oxygen atoms in total. The van der Waals surface area contributed by atoms with Gasteiger partial charge in [-0.25, -0.2) is 13.8 Å². The first-order chi connectivity index (χ1) is 13.6. The molecule has 2 aromatic carbocycles. The molecule has 0 saturated carbocycles. The van der Waals surface area contributed by atoms with Crippen LogP contribution in [0.3, 0.4) is 0 Å². The summed E-state index contributed by atoms with van der Waals surface area (Å²) in [4.78, 5) is 27.9. The Bertz CT molecular complexity index is 1110. The molecule has 1 aromatic heterocycles. The molecule has 1 atom stereocenters. The number of thiazole rings is 1. The van der Waals surface area contributed by atoms with E-state index >= 15 is 0 Å². The highest BCUT2D eigenvalue weighted by atomic mass is 32.1. The predicted octanol–water partition coefficient (Wildman–Crippen LogP) is 4.13. The summed E-state index contributed by atoms with van der Waals surface area (Å²) in [5.41, 5.74) is 1.78. The van der Waals surface area contributed by atoms with Gasteiger partial charge in [0.1, 0.15) is 16.3 Å². The molecule has 3 rings (SSSR count). The lowest BCUT2D eigenvalue weighted by Crippen LogP contribution is -2.27. The van der Waals surface area contributed by atoms with E-state index in [9.17, 15) is 23.0 Å². The predicted molar refractivity (Wildman–Crippen MR) is 111 cm³/mol. The monoisotopic (exact) mass is 436 g/mol. The smallest absolute Gasteiger partial charge is 0.238 e. The van der Waals surface area contributed by atoms with Crippen LogP contribution in [0, 0.1) is 18.6 Å². The molecule has 0 spiro atoms. The average molecular weight is 436 g/mol. The normalized spacial score (nSPS) is 13.2. The Labute approximate surface area is 171 Å². The van der Waals surface area contributed by atoms with E-state index < -0.39 is 19.0 Å². The van der Waals surface area contributed by atoms with Crippen molar-refractivity contribution in [2.45, 2.75) is 13.3 Å². The lowest BCUT2D eigenvalue weighted by molar-refractivity contribution is -0.117. The van der Waals surface area contributed by atoms with Gasteiger partial charge < -0.3 is 4.89 Å². The van der Waals surface area contributed by atoms with Crippen LogP contribution in [0.4, 0.5) is 13.9 Å². The van der Waals surface area contributed by atoms with Crippen molar-refractivity contribution in [1.82, 2.24) is 4.98 Å². The van der Waals surface area contributed by atoms with Gasteiger partial charge in [0.2, 0.25) is 13.3 Å². The minimum Gasteiger partial charge on any atom is -0.341 e. The molecule has 152 valence electrons. The summed E-state index contributed by atoms with van der Waals surface area (Å²) < 4.78 is 39.5. The zero-order valence-corrected chi connectivity index (χ0v) is 17.7. The Kier molecular flexibility index (Phi) is 5.98. The van der Waals surface area contributed by atoms with Crippen molar-refractivity contribution in [2.75, 3.05) is 18.6 Å². The highest BCUT2D eigenvalue weighted by Gasteiger charge is 2.24. The van der Waals surface area contributed by atoms with Gasteiger partial charge in [-0.05, 0) is 36.2 Å². The number of aromatic nitrogens is 1. The van der Waals surface area contributed by atoms with E-state index in [-0.39, 0.29) is 22.5 Å². The standard InChI is InChI=1S/C20H19F2N2O3PS/c1-12-19(28(3,26)27)29-20(23-12)24(2)18(25)10-13-4-6-14(7-5-13)16-11-15(21)8-9-17(16)22/h4-9,11H,10H2,1-3H3,(H,26,27). The molecule has 29 heavy (non-hydrogen) atoms. The van der Waals surface area contributed by atoms with Crippen LogP contribution in [0.1, 0.15) is 11.3 Å². The SMILES string of the molecule is Cc1nc(N(C)C(=O)Cc2ccc(-c3cc(F)ccc3F)cc2)sc1P(C)(=O)O. The molecule has 1 heterocycles. The maximum Gasteiger partial charge on any atom is 0.238 e. The Morgan fingerprint density at radius 3 is 2.45 bits per heavy atom. The van der Waals surface area contributed by atoms with Gasteiger partial charge in [-0.1, -0.05) is 35.6 Å². The summed E-state index contributed by atoms with van der Waals surface area (Å²) in [5, 5.41) is 0.345. The van der Waals surface area contributed by atoms with Gasteiger partial charge in [0, 0.05) is 19.3 Å². The molecule has 3 aromatic rings. The molecule has 0 saturated heterocycles. The van der Waals surface area contributed by atoms with Crippen molar-refractivity contribution in [3.05, 3.63) is 65.4 Å². The number of nitrogens with zero attached hydrogens (tertiary/aromatic N) is 2. The zero-order valence-electron chi connectivity index (χ0n) is 16.0. The van der Waals surface area contributed by atoms with Crippen LogP contribution in [-0.2, 0) is 15.8 Å². The lowest BCUT2D eigenvalue weighted by atomic mass is 10.0. The van der Waals surface area contributed by atoms with Crippen molar-refractivity contribution in [2.24, 2.45) is 0 Å². The van der Waals surface area contributed by atoms with E-state index in [1.54, 1.807) is 38.2 Å². The summed E-state index contributed by atoms with van der Waals surface area (Å²) in [6.45, 7) is 2.87. The number of benzene rings is 2. The fraction of sp³-hybridized carbons (Fsp3) is 0.200. The van der Waals surface area contributed by atoms with Gasteiger partial charge in [0.05, 0.1) is 12.1 Å². The van der Waals surface area contributed by atoms with E-state index in [1.165, 1.54) is 11.6 Å². The third-order valence-electron chi connectivity index (χ3n) is 4.35. The second kappa shape index (κ2) is 8.14. The summed E-state index contributed by atoms with van der Waals surface area (Å²) in [5.74, 6) is -1.30. The quantitative estimate of drug-likeness (QED) is 0.611. The average Bonchev–Trinajstić information content (AvgIpc) is 3.06. The molecule has 1 unspecified atom stereocenters. The van der Waals surface area contributed by atoms with Crippen LogP contribution in [0.15, 0.2) is 42.5 Å². The second-order valence-corrected chi connectivity index (χ2v) is 10.2. The Balaban J connectivity index is 1.75. The summed E-state index contributed by atoms with van der Waals surface area (Å²) in [6, 6.07) is 9.87. The van der Waals surface area contributed by atoms with Crippen LogP contribution >= 0.6 is 18.7 Å². The van der Waals surface area contributed by atoms with Crippen molar-refractivity contribution in [1.29, 1.82) is 0 Å². The molecule has 0 fully saturated rings. The minimum absolute atomic E-state index is 0.0687. The van der Waals surface area contributed by atoms with Crippen LogP contribution in [0.2, 0.25) is 0 Å². The highest BCUT2D eigenvalue weighted by Crippen LogP contribution is 2.39. The van der Waals surface area contributed by atoms with Gasteiger partial charge in [0.15, 0.2) is 5.13 Å². The molecule has 1 N–H and O–H groups in total. The van der Waals surface area contributed by atoms with E-state index in [0.717, 1.165) is 29.5 Å². The molecule has 0 radical (unpaired) electrons. The summed E-state index contributed by atoms with van der Waals surface area (Å²) >= 11 is 1.02. The topological polar surface area (TPSA) is 70.5 Å². The van der Waals surface area contributed by atoms with Gasteiger partial charge in [-0.2, -0.15) is 0 Å². The molecule has 0 aliphatic rings. The maximum absolute atomic E-state index is 13.9. The first-order valence-corrected chi connectivity index (χ1v) is 11.6. The molecule has 1 amide bonds. The largest absolute Gasteiger partial charge is 0.341 e. The third-order valence-corrected chi connectivity index (χ3v) is 7.75. The molecule has 0 aliphatic carbocycles. The van der Waals surface area contributed by atoms with Crippen LogP contribution in [-0.4, -0.2) is 29.5 Å². The van der Waals surface area contributed by atoms with Gasteiger partial charge in [-0.15, -0.1) is 0 Å². The van der Waals surface area contributed by atoms with Gasteiger partial charge >= 0.3 is 0 Å². The van der Waals surface area contributed by atoms with Crippen molar-refractivity contribution in [3.8, 4) is 11.1 Å². The summed E-state index contributed by atoms with van der Waals surface area (Å²) in [7, 11) is -1.90. The number of anilines is 1. The van der Waals surface area contributed by atoms with Crippen molar-refractivity contribution in [3.63, 3.8) is 0 Å². The van der Waals surface area contributed by atoms with E-state index in [0.29, 0.717) is 22.0 Å². The van der Waals surface area contributed by atoms with E-state index in [2.05, 4.69) is 4.98 Å². The van der Waals surface area contributed by atoms with E-state index in [4.69, 9.17) is 0 Å². The van der Waals surface area contributed by atoms with Crippen LogP contribution < -0.4 is 9.52 Å². The van der Waals surface area contributed by atoms with Crippen molar-refractivity contribution < 1.29 is 23.0 Å². The van der Waals surface area contributed by atoms with Crippen molar-refractivity contribution >= 4 is 34.4 Å². The molecule has 9 heteroatoms. The first kappa shape index (κ1) is 21.3. The Hall–Kier alpha value is -2.41. The highest BCUT2D eigenvalue weighted by molar-refractivity contribution is 7.71. The number of carbonyl (C=O) groups excluding carboxylic acids is 1. The van der Waals surface area contributed by atoms with Gasteiger partial charge in [-0.3, -0.25) is 14.3 Å². The number of aryl methyl sites for hydroxylation is 1. The number of hydrogen-bond acceptors (Lipinski definition) is 4. The Morgan fingerprint density at radius 1 is 1.21 bits per heavy atom. The number of hydrogen-bond donors (Lipinski definition) is 1. The first-order valence-electron chi connectivity index (χ1n) is 8.65. The number of halogens is 2. The second-order valence-electron chi connectivity index (χ2n) is 6.72. The number of likely N-dealkylation sites (N-methyl/N-ethyl adjacent to an activating group) is 1. The number of rotatable bonds is 5. The Morgan fingerprint density at radius 2 is 1.86 bits per heavy atom. The van der Waals surface area contributed by atoms with Crippen LogP contribution in [0.25, 0.3) is 11.1 Å². The molecule has 0 bridgehead atoms. The third kappa shape index (κ3) is 4.78. The fourth-order valence-electron chi connectivity index (χ4n) is 2.82. The van der Waals surface area contributed by atoms with Crippen LogP contribution in [0.5, 0.6) is 0 Å². The zero-order chi connectivity index (χ0) is 21.3. The van der Waals surface area contributed by atoms with E-state index in [1.807, 2.05) is 0 Å². The fourth-order valence-corrected chi connectivity index (χ4v) is 5.18. The minimum atomic E-state index is -3.45. The summed E-state index contributed by atoms with van der Waals surface area (Å²) in [6.07, 6.45) is 0.0687. The molecular formula is C20H19F2N2O3PS. The number of amides is 1. The molecular weight excluding hydrogens is 417 g/mol. The maximum atomic E-state index is 13.9. The lowest BCUT2D eigenvalue weighted by Gasteiger charge is -2.14. The van der Waals surface area contributed by atoms with Gasteiger partial charge in [0.25, 0.3) is 0 Å².